The molecule has 1 atom stereocenters. The van der Waals surface area contributed by atoms with Crippen LogP contribution in [0.25, 0.3) is 0 Å². The number of allylic oxidation sites excluding steroid dienone is 2. The molecule has 1 aromatic rings. The number of ether oxygens (including phenoxy) is 1. The number of halogens is 1. The standard InChI is InChI=1S/C16H13ClNO2S/c1-20-16(19)15(12-4-2-3-5-13(12)17)18-8-6-14-11(10-18)7-9-21-14/h2-7,10,15H,8H2,1H3/q+1/t15-/m0/s1. The van der Waals surface area contributed by atoms with Crippen LogP contribution in [0.4, 0.5) is 0 Å². The van der Waals surface area contributed by atoms with E-state index >= 15 is 0 Å². The summed E-state index contributed by atoms with van der Waals surface area (Å²) in [5, 5.41) is 3.66. The van der Waals surface area contributed by atoms with Gasteiger partial charge in [0.2, 0.25) is 4.91 Å². The lowest BCUT2D eigenvalue weighted by atomic mass is 10.0. The Hall–Kier alpha value is -1.87. The minimum Gasteiger partial charge on any atom is -0.467 e. The fourth-order valence-corrected chi connectivity index (χ4v) is 3.34. The Morgan fingerprint density at radius 3 is 3.05 bits per heavy atom. The van der Waals surface area contributed by atoms with Crippen LogP contribution in [0, 0.1) is 0 Å². The lowest BCUT2D eigenvalue weighted by Gasteiger charge is -2.30. The minimum atomic E-state index is -0.548. The summed E-state index contributed by atoms with van der Waals surface area (Å²) in [6.45, 7) is 0.631. The number of esters is 1. The molecule has 0 radical (unpaired) electrons. The first-order chi connectivity index (χ1) is 10.2. The second kappa shape index (κ2) is 5.86. The molecular formula is C16H13ClNO2S+. The molecule has 2 heterocycles. The monoisotopic (exact) mass is 318 g/mol. The first-order valence-corrected chi connectivity index (χ1v) is 7.66. The number of rotatable bonds is 3. The number of benzene rings is 1. The number of nitrogens with zero attached hydrogens (tertiary/aromatic N) is 1. The SMILES string of the molecule is COC(=O)[C@H](c1ccccc1Cl)N1C=C2C=C=[S+]C2=CC1. The van der Waals surface area contributed by atoms with E-state index in [1.807, 2.05) is 35.4 Å². The van der Waals surface area contributed by atoms with Crippen molar-refractivity contribution >= 4 is 33.9 Å². The van der Waals surface area contributed by atoms with Crippen LogP contribution in [0.15, 0.2) is 53.1 Å². The number of fused-ring (bicyclic) bond motifs is 1. The largest absolute Gasteiger partial charge is 0.467 e. The molecule has 21 heavy (non-hydrogen) atoms. The summed E-state index contributed by atoms with van der Waals surface area (Å²) in [5.74, 6) is -0.324. The lowest BCUT2D eigenvalue weighted by molar-refractivity contribution is -0.146. The quantitative estimate of drug-likeness (QED) is 0.487. The molecule has 0 fully saturated rings. The Kier molecular flexibility index (Phi) is 3.93. The minimum absolute atomic E-state index is 0.324. The molecule has 0 aliphatic carbocycles. The van der Waals surface area contributed by atoms with E-state index in [1.165, 1.54) is 12.0 Å². The lowest BCUT2D eigenvalue weighted by Crippen LogP contribution is -2.33. The summed E-state index contributed by atoms with van der Waals surface area (Å²) < 4.78 is 4.97. The van der Waals surface area contributed by atoms with Crippen LogP contribution >= 0.6 is 11.6 Å². The van der Waals surface area contributed by atoms with E-state index in [2.05, 4.69) is 11.1 Å². The Balaban J connectivity index is 1.99. The van der Waals surface area contributed by atoms with Gasteiger partial charge in [-0.2, -0.15) is 0 Å². The van der Waals surface area contributed by atoms with Gasteiger partial charge in [-0.25, -0.2) is 4.79 Å². The Morgan fingerprint density at radius 2 is 2.29 bits per heavy atom. The maximum absolute atomic E-state index is 12.3. The zero-order chi connectivity index (χ0) is 14.8. The predicted molar refractivity (Wildman–Crippen MR) is 86.0 cm³/mol. The first-order valence-electron chi connectivity index (χ1n) is 6.46. The van der Waals surface area contributed by atoms with Gasteiger partial charge in [0.05, 0.1) is 18.8 Å². The van der Waals surface area contributed by atoms with Crippen molar-refractivity contribution in [3.8, 4) is 0 Å². The highest BCUT2D eigenvalue weighted by molar-refractivity contribution is 7.81. The molecule has 0 amide bonds. The molecule has 0 N–H and O–H groups in total. The van der Waals surface area contributed by atoms with Crippen molar-refractivity contribution in [1.82, 2.24) is 4.90 Å². The van der Waals surface area contributed by atoms with Gasteiger partial charge in [-0.05, 0) is 6.07 Å². The summed E-state index contributed by atoms with van der Waals surface area (Å²) in [6.07, 6.45) is 5.97. The zero-order valence-corrected chi connectivity index (χ0v) is 12.9. The van der Waals surface area contributed by atoms with E-state index in [0.29, 0.717) is 11.6 Å². The number of carbonyl (C=O) groups excluding carboxylic acids is 1. The van der Waals surface area contributed by atoms with Crippen molar-refractivity contribution in [2.75, 3.05) is 13.7 Å². The zero-order valence-electron chi connectivity index (χ0n) is 11.4. The van der Waals surface area contributed by atoms with E-state index in [4.69, 9.17) is 16.3 Å². The van der Waals surface area contributed by atoms with Gasteiger partial charge in [-0.15, -0.1) is 0 Å². The molecule has 3 nitrogen and oxygen atoms in total. The highest BCUT2D eigenvalue weighted by Crippen LogP contribution is 2.32. The second-order valence-corrected chi connectivity index (χ2v) is 5.95. The molecule has 0 spiro atoms. The van der Waals surface area contributed by atoms with Gasteiger partial charge in [-0.3, -0.25) is 0 Å². The summed E-state index contributed by atoms with van der Waals surface area (Å²) >= 11 is 7.83. The molecule has 106 valence electrons. The van der Waals surface area contributed by atoms with Gasteiger partial charge in [0.25, 0.3) is 11.4 Å². The molecular weight excluding hydrogens is 306 g/mol. The second-order valence-electron chi connectivity index (χ2n) is 4.66. The van der Waals surface area contributed by atoms with Gasteiger partial charge in [0, 0.05) is 29.4 Å². The van der Waals surface area contributed by atoms with Crippen molar-refractivity contribution in [2.24, 2.45) is 0 Å². The average Bonchev–Trinajstić information content (AvgIpc) is 2.97. The fraction of sp³-hybridized carbons (Fsp3) is 0.188. The summed E-state index contributed by atoms with van der Waals surface area (Å²) in [5.41, 5.74) is 1.81. The summed E-state index contributed by atoms with van der Waals surface area (Å²) in [6, 6.07) is 6.80. The molecule has 0 saturated carbocycles. The Labute approximate surface area is 132 Å². The molecule has 0 unspecified atom stereocenters. The first kappa shape index (κ1) is 14.1. The summed E-state index contributed by atoms with van der Waals surface area (Å²) in [4.78, 5) is 15.4. The number of hydrogen-bond donors (Lipinski definition) is 0. The molecule has 1 aromatic carbocycles. The van der Waals surface area contributed by atoms with Crippen LogP contribution in [0.2, 0.25) is 5.02 Å². The number of hydrogen-bond acceptors (Lipinski definition) is 3. The fourth-order valence-electron chi connectivity index (χ4n) is 2.40. The van der Waals surface area contributed by atoms with Gasteiger partial charge < -0.3 is 9.64 Å². The van der Waals surface area contributed by atoms with E-state index in [1.54, 1.807) is 17.4 Å². The summed E-state index contributed by atoms with van der Waals surface area (Å²) in [7, 11) is 1.39. The van der Waals surface area contributed by atoms with Gasteiger partial charge in [-0.1, -0.05) is 29.8 Å². The maximum Gasteiger partial charge on any atom is 0.333 e. The number of methoxy groups -OCH3 is 1. The van der Waals surface area contributed by atoms with E-state index in [0.717, 1.165) is 11.1 Å². The van der Waals surface area contributed by atoms with Crippen molar-refractivity contribution in [2.45, 2.75) is 6.04 Å². The molecule has 5 heteroatoms. The molecule has 2 aliphatic rings. The van der Waals surface area contributed by atoms with Crippen molar-refractivity contribution in [3.63, 3.8) is 0 Å². The third-order valence-electron chi connectivity index (χ3n) is 3.42. The van der Waals surface area contributed by atoms with Crippen LogP contribution in [-0.4, -0.2) is 29.5 Å². The van der Waals surface area contributed by atoms with Gasteiger partial charge in [0.1, 0.15) is 0 Å². The van der Waals surface area contributed by atoms with Crippen LogP contribution in [0.5, 0.6) is 0 Å². The van der Waals surface area contributed by atoms with Crippen molar-refractivity contribution in [1.29, 1.82) is 0 Å². The Morgan fingerprint density at radius 1 is 1.48 bits per heavy atom. The Bertz CT molecular complexity index is 717. The third kappa shape index (κ3) is 2.66. The van der Waals surface area contributed by atoms with Crippen molar-refractivity contribution < 1.29 is 9.53 Å². The number of carbonyl (C=O) groups is 1. The maximum atomic E-state index is 12.3. The van der Waals surface area contributed by atoms with E-state index in [-0.39, 0.29) is 5.97 Å². The van der Waals surface area contributed by atoms with Crippen LogP contribution in [0.3, 0.4) is 0 Å². The molecule has 2 aliphatic heterocycles. The van der Waals surface area contributed by atoms with E-state index in [9.17, 15) is 4.79 Å². The van der Waals surface area contributed by atoms with Gasteiger partial charge in [0.15, 0.2) is 11.1 Å². The topological polar surface area (TPSA) is 29.5 Å². The predicted octanol–water partition coefficient (Wildman–Crippen LogP) is 2.69. The third-order valence-corrected chi connectivity index (χ3v) is 4.62. The average molecular weight is 319 g/mol. The smallest absolute Gasteiger partial charge is 0.333 e. The molecule has 0 bridgehead atoms. The molecule has 0 aromatic heterocycles. The molecule has 0 saturated heterocycles. The van der Waals surface area contributed by atoms with Crippen LogP contribution < -0.4 is 0 Å². The van der Waals surface area contributed by atoms with Crippen molar-refractivity contribution in [3.05, 3.63) is 63.7 Å². The van der Waals surface area contributed by atoms with E-state index < -0.39 is 6.04 Å². The highest BCUT2D eigenvalue weighted by atomic mass is 35.5. The highest BCUT2D eigenvalue weighted by Gasteiger charge is 2.32. The molecule has 3 rings (SSSR count). The van der Waals surface area contributed by atoms with Crippen LogP contribution in [0.1, 0.15) is 11.6 Å². The van der Waals surface area contributed by atoms with Gasteiger partial charge >= 0.3 is 5.97 Å². The van der Waals surface area contributed by atoms with Crippen LogP contribution in [-0.2, 0) is 20.9 Å². The normalized spacial score (nSPS) is 17.1.